The minimum absolute atomic E-state index is 0.414. The molecule has 4 heteroatoms. The highest BCUT2D eigenvalue weighted by Crippen LogP contribution is 2.30. The Morgan fingerprint density at radius 2 is 1.41 bits per heavy atom. The lowest BCUT2D eigenvalue weighted by Gasteiger charge is -2.07. The molecule has 0 bridgehead atoms. The van der Waals surface area contributed by atoms with E-state index in [2.05, 4.69) is 0 Å². The third kappa shape index (κ3) is 2.64. The van der Waals surface area contributed by atoms with E-state index in [0.717, 1.165) is 12.1 Å². The Morgan fingerprint density at radius 1 is 0.765 bits per heavy atom. The maximum Gasteiger partial charge on any atom is 0.416 e. The van der Waals surface area contributed by atoms with Crippen LogP contribution in [0.15, 0.2) is 48.5 Å². The molecule has 0 radical (unpaired) electrons. The molecule has 0 aromatic heterocycles. The van der Waals surface area contributed by atoms with Gasteiger partial charge in [0.2, 0.25) is 0 Å². The van der Waals surface area contributed by atoms with Crippen LogP contribution in [-0.4, -0.2) is 0 Å². The molecule has 0 amide bonds. The quantitative estimate of drug-likeness (QED) is 0.643. The van der Waals surface area contributed by atoms with Crippen LogP contribution in [0.3, 0.4) is 0 Å². The van der Waals surface area contributed by atoms with Crippen molar-refractivity contribution in [1.82, 2.24) is 0 Å². The normalized spacial score (nSPS) is 11.5. The summed E-state index contributed by atoms with van der Waals surface area (Å²) in [4.78, 5) is 0. The minimum atomic E-state index is -4.35. The third-order valence-corrected chi connectivity index (χ3v) is 2.37. The highest BCUT2D eigenvalue weighted by molar-refractivity contribution is 5.63. The molecule has 0 unspecified atom stereocenters. The van der Waals surface area contributed by atoms with Crippen LogP contribution in [0.2, 0.25) is 0 Å². The fraction of sp³-hybridized carbons (Fsp3) is 0.0769. The summed E-state index contributed by atoms with van der Waals surface area (Å²) in [6.45, 7) is 0. The number of halogens is 4. The summed E-state index contributed by atoms with van der Waals surface area (Å²) < 4.78 is 49.9. The highest BCUT2D eigenvalue weighted by Gasteiger charge is 2.29. The van der Waals surface area contributed by atoms with Crippen molar-refractivity contribution in [2.75, 3.05) is 0 Å². The van der Waals surface area contributed by atoms with Crippen molar-refractivity contribution in [3.8, 4) is 11.1 Å². The van der Waals surface area contributed by atoms with E-state index in [9.17, 15) is 17.6 Å². The van der Waals surface area contributed by atoms with Crippen LogP contribution in [-0.2, 0) is 6.18 Å². The van der Waals surface area contributed by atoms with Crippen molar-refractivity contribution in [2.45, 2.75) is 6.18 Å². The zero-order chi connectivity index (χ0) is 12.5. The van der Waals surface area contributed by atoms with E-state index in [0.29, 0.717) is 11.1 Å². The summed E-state index contributed by atoms with van der Waals surface area (Å²) in [7, 11) is 0. The fourth-order valence-corrected chi connectivity index (χ4v) is 1.52. The van der Waals surface area contributed by atoms with Crippen LogP contribution < -0.4 is 0 Å². The van der Waals surface area contributed by atoms with E-state index in [-0.39, 0.29) is 0 Å². The molecule has 88 valence electrons. The summed E-state index contributed by atoms with van der Waals surface area (Å²) in [5, 5.41) is 0. The van der Waals surface area contributed by atoms with Gasteiger partial charge in [-0.3, -0.25) is 0 Å². The van der Waals surface area contributed by atoms with Crippen molar-refractivity contribution < 1.29 is 17.6 Å². The Kier molecular flexibility index (Phi) is 2.88. The molecule has 0 N–H and O–H groups in total. The molecular formula is C13H8F4. The zero-order valence-corrected chi connectivity index (χ0v) is 8.63. The smallest absolute Gasteiger partial charge is 0.207 e. The Balaban J connectivity index is 2.36. The van der Waals surface area contributed by atoms with Crippen molar-refractivity contribution in [1.29, 1.82) is 0 Å². The molecule has 0 atom stereocenters. The van der Waals surface area contributed by atoms with Gasteiger partial charge in [0.05, 0.1) is 5.56 Å². The van der Waals surface area contributed by atoms with E-state index in [1.165, 1.54) is 30.3 Å². The van der Waals surface area contributed by atoms with Crippen LogP contribution in [0.25, 0.3) is 11.1 Å². The molecule has 2 aromatic rings. The Hall–Kier alpha value is -1.84. The topological polar surface area (TPSA) is 0 Å². The van der Waals surface area contributed by atoms with Crippen LogP contribution >= 0.6 is 0 Å². The minimum Gasteiger partial charge on any atom is -0.207 e. The average molecular weight is 240 g/mol. The molecule has 2 aromatic carbocycles. The van der Waals surface area contributed by atoms with Gasteiger partial charge in [-0.2, -0.15) is 13.2 Å². The molecule has 0 aliphatic rings. The largest absolute Gasteiger partial charge is 0.416 e. The van der Waals surface area contributed by atoms with Gasteiger partial charge < -0.3 is 0 Å². The first-order chi connectivity index (χ1) is 7.97. The highest BCUT2D eigenvalue weighted by atomic mass is 19.4. The average Bonchev–Trinajstić information content (AvgIpc) is 2.28. The second kappa shape index (κ2) is 4.20. The summed E-state index contributed by atoms with van der Waals surface area (Å²) >= 11 is 0. The molecule has 17 heavy (non-hydrogen) atoms. The maximum atomic E-state index is 12.9. The van der Waals surface area contributed by atoms with Gasteiger partial charge in [0.15, 0.2) is 0 Å². The Bertz CT molecular complexity index is 512. The lowest BCUT2D eigenvalue weighted by molar-refractivity contribution is -0.137. The van der Waals surface area contributed by atoms with Gasteiger partial charge >= 0.3 is 6.18 Å². The molecule has 0 aliphatic heterocycles. The molecule has 0 saturated heterocycles. The molecule has 0 saturated carbocycles. The Labute approximate surface area is 95.5 Å². The summed E-state index contributed by atoms with van der Waals surface area (Å²) in [5.74, 6) is -0.414. The van der Waals surface area contributed by atoms with Crippen molar-refractivity contribution >= 4 is 0 Å². The first-order valence-electron chi connectivity index (χ1n) is 4.90. The monoisotopic (exact) mass is 240 g/mol. The molecule has 0 fully saturated rings. The zero-order valence-electron chi connectivity index (χ0n) is 8.63. The second-order valence-electron chi connectivity index (χ2n) is 3.59. The number of alkyl halides is 3. The van der Waals surface area contributed by atoms with Crippen LogP contribution in [0.4, 0.5) is 17.6 Å². The molecular weight excluding hydrogens is 232 g/mol. The first-order valence-corrected chi connectivity index (χ1v) is 4.90. The lowest BCUT2D eigenvalue weighted by atomic mass is 10.0. The van der Waals surface area contributed by atoms with E-state index in [1.54, 1.807) is 6.07 Å². The van der Waals surface area contributed by atoms with Gasteiger partial charge in [0, 0.05) is 0 Å². The SMILES string of the molecule is Fc1cccc(-c2ccc(C(F)(F)F)cc2)c1. The predicted octanol–water partition coefficient (Wildman–Crippen LogP) is 4.51. The third-order valence-electron chi connectivity index (χ3n) is 2.37. The molecule has 0 spiro atoms. The van der Waals surface area contributed by atoms with Gasteiger partial charge in [-0.15, -0.1) is 0 Å². The lowest BCUT2D eigenvalue weighted by Crippen LogP contribution is -2.03. The van der Waals surface area contributed by atoms with E-state index in [1.807, 2.05) is 0 Å². The predicted molar refractivity (Wildman–Crippen MR) is 56.8 cm³/mol. The fourth-order valence-electron chi connectivity index (χ4n) is 1.52. The van der Waals surface area contributed by atoms with Gasteiger partial charge in [-0.1, -0.05) is 24.3 Å². The van der Waals surface area contributed by atoms with Gasteiger partial charge in [0.1, 0.15) is 5.82 Å². The van der Waals surface area contributed by atoms with E-state index < -0.39 is 17.6 Å². The number of rotatable bonds is 1. The van der Waals surface area contributed by atoms with Crippen molar-refractivity contribution in [3.05, 3.63) is 59.9 Å². The summed E-state index contributed by atoms with van der Waals surface area (Å²) in [6.07, 6.45) is -4.35. The summed E-state index contributed by atoms with van der Waals surface area (Å²) in [6, 6.07) is 10.4. The number of benzene rings is 2. The van der Waals surface area contributed by atoms with Crippen LogP contribution in [0, 0.1) is 5.82 Å². The number of hydrogen-bond acceptors (Lipinski definition) is 0. The van der Waals surface area contributed by atoms with E-state index in [4.69, 9.17) is 0 Å². The number of hydrogen-bond donors (Lipinski definition) is 0. The van der Waals surface area contributed by atoms with E-state index >= 15 is 0 Å². The van der Waals surface area contributed by atoms with Crippen molar-refractivity contribution in [3.63, 3.8) is 0 Å². The van der Waals surface area contributed by atoms with Crippen molar-refractivity contribution in [2.24, 2.45) is 0 Å². The van der Waals surface area contributed by atoms with Crippen LogP contribution in [0.1, 0.15) is 5.56 Å². The van der Waals surface area contributed by atoms with Crippen LogP contribution in [0.5, 0.6) is 0 Å². The second-order valence-corrected chi connectivity index (χ2v) is 3.59. The molecule has 0 aliphatic carbocycles. The van der Waals surface area contributed by atoms with Gasteiger partial charge in [0.25, 0.3) is 0 Å². The maximum absolute atomic E-state index is 12.9. The Morgan fingerprint density at radius 3 is 1.94 bits per heavy atom. The van der Waals surface area contributed by atoms with Gasteiger partial charge in [-0.05, 0) is 35.4 Å². The summed E-state index contributed by atoms with van der Waals surface area (Å²) in [5.41, 5.74) is 0.397. The molecule has 2 rings (SSSR count). The van der Waals surface area contributed by atoms with Gasteiger partial charge in [-0.25, -0.2) is 4.39 Å². The molecule has 0 heterocycles. The first kappa shape index (κ1) is 11.6. The molecule has 0 nitrogen and oxygen atoms in total. The standard InChI is InChI=1S/C13H8F4/c14-12-3-1-2-10(8-12)9-4-6-11(7-5-9)13(15,16)17/h1-8H.